The molecule has 0 aliphatic carbocycles. The summed E-state index contributed by atoms with van der Waals surface area (Å²) in [5.41, 5.74) is -0.0611. The average Bonchev–Trinajstić information content (AvgIpc) is 2.44. The van der Waals surface area contributed by atoms with Gasteiger partial charge in [-0.25, -0.2) is 9.59 Å². The maximum Gasteiger partial charge on any atom is 0.337 e. The largest absolute Gasteiger partial charge is 0.508 e. The second-order valence-electron chi connectivity index (χ2n) is 4.38. The number of carbonyl (C=O) groups excluding carboxylic acids is 1. The fourth-order valence-electron chi connectivity index (χ4n) is 1.57. The molecular weight excluding hydrogens is 276 g/mol. The number of aromatic carboxylic acids is 1. The molecule has 1 aromatic carbocycles. The molecule has 0 saturated carbocycles. The molecule has 21 heavy (non-hydrogen) atoms. The maximum absolute atomic E-state index is 11.6. The van der Waals surface area contributed by atoms with Gasteiger partial charge in [-0.15, -0.1) is 0 Å². The second-order valence-corrected chi connectivity index (χ2v) is 4.38. The van der Waals surface area contributed by atoms with Crippen LogP contribution in [-0.2, 0) is 4.74 Å². The van der Waals surface area contributed by atoms with Crippen LogP contribution in [-0.4, -0.2) is 42.0 Å². The number of hydrogen-bond acceptors (Lipinski definition) is 4. The molecule has 1 rings (SSSR count). The lowest BCUT2D eigenvalue weighted by molar-refractivity contribution is 0.0697. The van der Waals surface area contributed by atoms with Crippen LogP contribution in [0.25, 0.3) is 0 Å². The van der Waals surface area contributed by atoms with Crippen molar-refractivity contribution in [2.45, 2.75) is 19.8 Å². The molecule has 0 aromatic heterocycles. The third kappa shape index (κ3) is 6.13. The summed E-state index contributed by atoms with van der Waals surface area (Å²) in [6, 6.07) is 3.18. The Morgan fingerprint density at radius 1 is 1.29 bits per heavy atom. The predicted molar refractivity (Wildman–Crippen MR) is 77.8 cm³/mol. The lowest BCUT2D eigenvalue weighted by Gasteiger charge is -2.10. The minimum atomic E-state index is -1.23. The summed E-state index contributed by atoms with van der Waals surface area (Å²) >= 11 is 0. The first-order valence-corrected chi connectivity index (χ1v) is 6.73. The van der Waals surface area contributed by atoms with Gasteiger partial charge in [0.1, 0.15) is 5.75 Å². The highest BCUT2D eigenvalue weighted by Gasteiger charge is 2.13. The number of urea groups is 1. The number of carboxylic acid groups (broad SMARTS) is 1. The summed E-state index contributed by atoms with van der Waals surface area (Å²) in [6.45, 7) is 3.44. The van der Waals surface area contributed by atoms with E-state index in [0.29, 0.717) is 19.8 Å². The third-order valence-corrected chi connectivity index (χ3v) is 2.66. The van der Waals surface area contributed by atoms with Crippen LogP contribution in [0.1, 0.15) is 30.1 Å². The van der Waals surface area contributed by atoms with E-state index in [1.807, 2.05) is 0 Å². The van der Waals surface area contributed by atoms with Crippen LogP contribution in [0.2, 0.25) is 0 Å². The van der Waals surface area contributed by atoms with Crippen LogP contribution in [0.3, 0.4) is 0 Å². The first-order valence-electron chi connectivity index (χ1n) is 6.73. The number of phenolic OH excluding ortho intramolecular Hbond substituents is 1. The van der Waals surface area contributed by atoms with Gasteiger partial charge in [-0.1, -0.05) is 13.3 Å². The highest BCUT2D eigenvalue weighted by molar-refractivity contribution is 6.00. The maximum atomic E-state index is 11.6. The van der Waals surface area contributed by atoms with Gasteiger partial charge in [0.25, 0.3) is 0 Å². The molecule has 0 heterocycles. The standard InChI is InChI=1S/C14H20N2O5/c1-2-3-7-21-8-6-15-14(20)16-12-5-4-10(17)9-11(12)13(18)19/h4-5,9,17H,2-3,6-8H2,1H3,(H,18,19)(H2,15,16,20). The van der Waals surface area contributed by atoms with E-state index < -0.39 is 12.0 Å². The highest BCUT2D eigenvalue weighted by Crippen LogP contribution is 2.21. The van der Waals surface area contributed by atoms with Crippen molar-refractivity contribution < 1.29 is 24.5 Å². The van der Waals surface area contributed by atoms with Crippen LogP contribution in [0.4, 0.5) is 10.5 Å². The van der Waals surface area contributed by atoms with Crippen LogP contribution in [0, 0.1) is 0 Å². The molecule has 4 N–H and O–H groups in total. The fraction of sp³-hybridized carbons (Fsp3) is 0.429. The van der Waals surface area contributed by atoms with Gasteiger partial charge in [0, 0.05) is 13.2 Å². The first-order chi connectivity index (χ1) is 10.0. The van der Waals surface area contributed by atoms with E-state index >= 15 is 0 Å². The van der Waals surface area contributed by atoms with Crippen molar-refractivity contribution in [2.24, 2.45) is 0 Å². The molecular formula is C14H20N2O5. The molecule has 0 saturated heterocycles. The van der Waals surface area contributed by atoms with Crippen molar-refractivity contribution in [1.82, 2.24) is 5.32 Å². The van der Waals surface area contributed by atoms with Gasteiger partial charge in [0.05, 0.1) is 17.9 Å². The number of rotatable bonds is 8. The minimum absolute atomic E-state index is 0.115. The summed E-state index contributed by atoms with van der Waals surface area (Å²) in [5, 5.41) is 23.2. The van der Waals surface area contributed by atoms with Crippen molar-refractivity contribution >= 4 is 17.7 Å². The zero-order valence-electron chi connectivity index (χ0n) is 11.9. The number of ether oxygens (including phenoxy) is 1. The first kappa shape index (κ1) is 16.8. The molecule has 0 atom stereocenters. The zero-order valence-corrected chi connectivity index (χ0v) is 11.9. The van der Waals surface area contributed by atoms with Gasteiger partial charge in [-0.3, -0.25) is 0 Å². The quantitative estimate of drug-likeness (QED) is 0.433. The fourth-order valence-corrected chi connectivity index (χ4v) is 1.57. The van der Waals surface area contributed by atoms with E-state index in [1.165, 1.54) is 12.1 Å². The third-order valence-electron chi connectivity index (χ3n) is 2.66. The van der Waals surface area contributed by atoms with E-state index in [4.69, 9.17) is 9.84 Å². The van der Waals surface area contributed by atoms with Gasteiger partial charge in [-0.2, -0.15) is 0 Å². The van der Waals surface area contributed by atoms with E-state index in [1.54, 1.807) is 0 Å². The summed E-state index contributed by atoms with van der Waals surface area (Å²) in [7, 11) is 0. The Bertz CT molecular complexity index is 490. The van der Waals surface area contributed by atoms with E-state index in [2.05, 4.69) is 17.6 Å². The molecule has 7 heteroatoms. The van der Waals surface area contributed by atoms with Crippen molar-refractivity contribution in [3.8, 4) is 5.75 Å². The van der Waals surface area contributed by atoms with Gasteiger partial charge in [0.15, 0.2) is 0 Å². The number of phenols is 1. The molecule has 0 aliphatic heterocycles. The Kier molecular flexibility index (Phi) is 7.03. The minimum Gasteiger partial charge on any atom is -0.508 e. The van der Waals surface area contributed by atoms with Gasteiger partial charge in [-0.05, 0) is 24.6 Å². The SMILES string of the molecule is CCCCOCCNC(=O)Nc1ccc(O)cc1C(=O)O. The van der Waals surface area contributed by atoms with Crippen molar-refractivity contribution in [1.29, 1.82) is 0 Å². The number of carbonyl (C=O) groups is 2. The lowest BCUT2D eigenvalue weighted by atomic mass is 10.1. The number of aromatic hydroxyl groups is 1. The number of nitrogens with one attached hydrogen (secondary N) is 2. The summed E-state index contributed by atoms with van der Waals surface area (Å²) in [4.78, 5) is 22.6. The lowest BCUT2D eigenvalue weighted by Crippen LogP contribution is -2.32. The number of carboxylic acids is 1. The Morgan fingerprint density at radius 3 is 2.71 bits per heavy atom. The van der Waals surface area contributed by atoms with Crippen molar-refractivity contribution in [3.05, 3.63) is 23.8 Å². The smallest absolute Gasteiger partial charge is 0.337 e. The van der Waals surface area contributed by atoms with E-state index in [-0.39, 0.29) is 17.0 Å². The molecule has 0 bridgehead atoms. The van der Waals surface area contributed by atoms with Crippen LogP contribution >= 0.6 is 0 Å². The zero-order chi connectivity index (χ0) is 15.7. The van der Waals surface area contributed by atoms with Gasteiger partial charge < -0.3 is 25.6 Å². The number of hydrogen-bond donors (Lipinski definition) is 4. The molecule has 2 amide bonds. The highest BCUT2D eigenvalue weighted by atomic mass is 16.5. The van der Waals surface area contributed by atoms with Crippen LogP contribution in [0.15, 0.2) is 18.2 Å². The van der Waals surface area contributed by atoms with Crippen LogP contribution in [0.5, 0.6) is 5.75 Å². The molecule has 0 unspecified atom stereocenters. The number of anilines is 1. The molecule has 0 aliphatic rings. The Labute approximate surface area is 122 Å². The normalized spacial score (nSPS) is 10.1. The van der Waals surface area contributed by atoms with Crippen molar-refractivity contribution in [2.75, 3.05) is 25.1 Å². The number of amides is 2. The van der Waals surface area contributed by atoms with Crippen LogP contribution < -0.4 is 10.6 Å². The summed E-state index contributed by atoms with van der Waals surface area (Å²) in [6.07, 6.45) is 2.02. The Hall–Kier alpha value is -2.28. The average molecular weight is 296 g/mol. The number of benzene rings is 1. The van der Waals surface area contributed by atoms with E-state index in [0.717, 1.165) is 18.9 Å². The molecule has 0 spiro atoms. The molecule has 7 nitrogen and oxygen atoms in total. The molecule has 0 radical (unpaired) electrons. The molecule has 0 fully saturated rings. The Balaban J connectivity index is 2.43. The molecule has 116 valence electrons. The van der Waals surface area contributed by atoms with Gasteiger partial charge in [0.2, 0.25) is 0 Å². The monoisotopic (exact) mass is 296 g/mol. The predicted octanol–water partition coefficient (Wildman–Crippen LogP) is 2.03. The van der Waals surface area contributed by atoms with Gasteiger partial charge >= 0.3 is 12.0 Å². The topological polar surface area (TPSA) is 108 Å². The number of unbranched alkanes of at least 4 members (excludes halogenated alkanes) is 1. The summed E-state index contributed by atoms with van der Waals surface area (Å²) in [5.74, 6) is -1.41. The summed E-state index contributed by atoms with van der Waals surface area (Å²) < 4.78 is 5.28. The second kappa shape index (κ2) is 8.80. The van der Waals surface area contributed by atoms with E-state index in [9.17, 15) is 14.7 Å². The molecule has 1 aromatic rings. The van der Waals surface area contributed by atoms with Crippen molar-refractivity contribution in [3.63, 3.8) is 0 Å². The Morgan fingerprint density at radius 2 is 2.05 bits per heavy atom.